The van der Waals surface area contributed by atoms with Crippen molar-refractivity contribution in [2.24, 2.45) is 0 Å². The van der Waals surface area contributed by atoms with E-state index in [0.29, 0.717) is 54.1 Å². The van der Waals surface area contributed by atoms with Crippen LogP contribution < -0.4 is 10.1 Å². The van der Waals surface area contributed by atoms with E-state index in [1.165, 1.54) is 19.2 Å². The van der Waals surface area contributed by atoms with Crippen molar-refractivity contribution in [1.29, 1.82) is 0 Å². The van der Waals surface area contributed by atoms with Gasteiger partial charge in [0.15, 0.2) is 0 Å². The largest absolute Gasteiger partial charge is 0.495 e. The van der Waals surface area contributed by atoms with Gasteiger partial charge in [-0.2, -0.15) is 0 Å². The van der Waals surface area contributed by atoms with Crippen molar-refractivity contribution in [3.05, 3.63) is 27.7 Å². The van der Waals surface area contributed by atoms with Crippen molar-refractivity contribution in [3.8, 4) is 5.75 Å². The summed E-state index contributed by atoms with van der Waals surface area (Å²) in [4.78, 5) is 28.0. The summed E-state index contributed by atoms with van der Waals surface area (Å²) < 4.78 is 5.09. The van der Waals surface area contributed by atoms with Crippen LogP contribution in [0.4, 0.5) is 4.79 Å². The molecule has 1 aromatic rings. The highest BCUT2D eigenvalue weighted by molar-refractivity contribution is 6.36. The molecular formula is C16H21Cl2N3O3. The first-order valence-corrected chi connectivity index (χ1v) is 8.58. The predicted octanol–water partition coefficient (Wildman–Crippen LogP) is 2.88. The molecule has 1 aliphatic rings. The summed E-state index contributed by atoms with van der Waals surface area (Å²) in [5.41, 5.74) is 0.339. The molecule has 0 aliphatic carbocycles. The van der Waals surface area contributed by atoms with E-state index in [0.717, 1.165) is 6.42 Å². The molecule has 2 rings (SSSR count). The number of halogens is 2. The Balaban J connectivity index is 2.00. The third-order valence-electron chi connectivity index (χ3n) is 3.85. The quantitative estimate of drug-likeness (QED) is 0.882. The van der Waals surface area contributed by atoms with Crippen LogP contribution in [0.25, 0.3) is 0 Å². The van der Waals surface area contributed by atoms with Gasteiger partial charge in [-0.1, -0.05) is 30.1 Å². The second kappa shape index (κ2) is 8.44. The zero-order valence-electron chi connectivity index (χ0n) is 13.8. The van der Waals surface area contributed by atoms with E-state index in [-0.39, 0.29) is 11.9 Å². The lowest BCUT2D eigenvalue weighted by Crippen LogP contribution is -2.53. The van der Waals surface area contributed by atoms with Crippen LogP contribution in [0, 0.1) is 0 Å². The molecule has 1 heterocycles. The molecule has 0 spiro atoms. The van der Waals surface area contributed by atoms with Crippen molar-refractivity contribution in [3.63, 3.8) is 0 Å². The topological polar surface area (TPSA) is 61.9 Å². The van der Waals surface area contributed by atoms with Gasteiger partial charge in [-0.15, -0.1) is 0 Å². The van der Waals surface area contributed by atoms with Crippen LogP contribution in [-0.4, -0.2) is 61.6 Å². The summed E-state index contributed by atoms with van der Waals surface area (Å²) in [7, 11) is 1.49. The summed E-state index contributed by atoms with van der Waals surface area (Å²) in [6.07, 6.45) is 0.890. The van der Waals surface area contributed by atoms with Gasteiger partial charge in [-0.3, -0.25) is 4.79 Å². The lowest BCUT2D eigenvalue weighted by molar-refractivity contribution is 0.0665. The number of ether oxygens (including phenoxy) is 1. The number of carbonyl (C=O) groups is 2. The number of amides is 3. The van der Waals surface area contributed by atoms with E-state index in [4.69, 9.17) is 27.9 Å². The fourth-order valence-electron chi connectivity index (χ4n) is 2.48. The molecule has 0 aromatic heterocycles. The molecule has 0 bridgehead atoms. The molecular weight excluding hydrogens is 353 g/mol. The number of nitrogens with one attached hydrogen (secondary N) is 1. The average molecular weight is 374 g/mol. The zero-order chi connectivity index (χ0) is 17.7. The standard InChI is InChI=1S/C16H21Cl2N3O3/c1-3-4-19-16(23)21-7-5-20(6-8-21)15(22)11-9-13(18)14(24-2)10-12(11)17/h9-10H,3-8H2,1-2H3,(H,19,23). The predicted molar refractivity (Wildman–Crippen MR) is 94.2 cm³/mol. The van der Waals surface area contributed by atoms with E-state index < -0.39 is 0 Å². The maximum atomic E-state index is 12.6. The third kappa shape index (κ3) is 4.24. The molecule has 1 aromatic carbocycles. The summed E-state index contributed by atoms with van der Waals surface area (Å²) in [5, 5.41) is 3.47. The number of carbonyl (C=O) groups excluding carboxylic acids is 2. The molecule has 1 fully saturated rings. The fraction of sp³-hybridized carbons (Fsp3) is 0.500. The van der Waals surface area contributed by atoms with Crippen LogP contribution in [0.3, 0.4) is 0 Å². The first-order chi connectivity index (χ1) is 11.5. The Morgan fingerprint density at radius 2 is 1.75 bits per heavy atom. The molecule has 1 saturated heterocycles. The molecule has 1 aliphatic heterocycles. The van der Waals surface area contributed by atoms with Gasteiger partial charge in [-0.05, 0) is 12.5 Å². The highest BCUT2D eigenvalue weighted by Gasteiger charge is 2.26. The van der Waals surface area contributed by atoms with E-state index in [2.05, 4.69) is 5.32 Å². The zero-order valence-corrected chi connectivity index (χ0v) is 15.3. The van der Waals surface area contributed by atoms with Crippen LogP contribution in [0.5, 0.6) is 5.75 Å². The molecule has 24 heavy (non-hydrogen) atoms. The van der Waals surface area contributed by atoms with Crippen molar-refractivity contribution >= 4 is 35.1 Å². The van der Waals surface area contributed by atoms with Gasteiger partial charge in [0, 0.05) is 38.8 Å². The molecule has 0 saturated carbocycles. The minimum Gasteiger partial charge on any atom is -0.495 e. The van der Waals surface area contributed by atoms with Gasteiger partial charge >= 0.3 is 6.03 Å². The van der Waals surface area contributed by atoms with Gasteiger partial charge in [0.2, 0.25) is 0 Å². The van der Waals surface area contributed by atoms with E-state index in [9.17, 15) is 9.59 Å². The van der Waals surface area contributed by atoms with Crippen LogP contribution in [0.15, 0.2) is 12.1 Å². The minimum absolute atomic E-state index is 0.0885. The molecule has 3 amide bonds. The Bertz CT molecular complexity index is 617. The van der Waals surface area contributed by atoms with Crippen molar-refractivity contribution in [2.45, 2.75) is 13.3 Å². The SMILES string of the molecule is CCCNC(=O)N1CCN(C(=O)c2cc(Cl)c(OC)cc2Cl)CC1. The van der Waals surface area contributed by atoms with Crippen LogP contribution in [0.1, 0.15) is 23.7 Å². The molecule has 1 N–H and O–H groups in total. The lowest BCUT2D eigenvalue weighted by Gasteiger charge is -2.35. The van der Waals surface area contributed by atoms with Crippen LogP contribution in [-0.2, 0) is 0 Å². The summed E-state index contributed by atoms with van der Waals surface area (Å²) in [6.45, 7) is 4.54. The lowest BCUT2D eigenvalue weighted by atomic mass is 10.1. The number of methoxy groups -OCH3 is 1. The van der Waals surface area contributed by atoms with Gasteiger partial charge in [0.25, 0.3) is 5.91 Å². The molecule has 6 nitrogen and oxygen atoms in total. The van der Waals surface area contributed by atoms with Crippen LogP contribution >= 0.6 is 23.2 Å². The number of hydrogen-bond donors (Lipinski definition) is 1. The summed E-state index contributed by atoms with van der Waals surface area (Å²) >= 11 is 12.3. The highest BCUT2D eigenvalue weighted by atomic mass is 35.5. The Hall–Kier alpha value is -1.66. The monoisotopic (exact) mass is 373 g/mol. The molecule has 8 heteroatoms. The summed E-state index contributed by atoms with van der Waals surface area (Å²) in [5.74, 6) is 0.230. The average Bonchev–Trinajstić information content (AvgIpc) is 2.60. The number of benzene rings is 1. The van der Waals surface area contributed by atoms with E-state index >= 15 is 0 Å². The second-order valence-electron chi connectivity index (χ2n) is 5.48. The van der Waals surface area contributed by atoms with Gasteiger partial charge < -0.3 is 19.9 Å². The van der Waals surface area contributed by atoms with Crippen molar-refractivity contribution < 1.29 is 14.3 Å². The van der Waals surface area contributed by atoms with Crippen LogP contribution in [0.2, 0.25) is 10.0 Å². The first-order valence-electron chi connectivity index (χ1n) is 7.83. The van der Waals surface area contributed by atoms with Gasteiger partial charge in [0.1, 0.15) is 5.75 Å². The van der Waals surface area contributed by atoms with Crippen molar-refractivity contribution in [1.82, 2.24) is 15.1 Å². The number of hydrogen-bond acceptors (Lipinski definition) is 3. The number of piperazine rings is 1. The molecule has 0 unspecified atom stereocenters. The number of nitrogens with zero attached hydrogens (tertiary/aromatic N) is 2. The fourth-order valence-corrected chi connectivity index (χ4v) is 2.95. The Labute approximate surface area is 151 Å². The van der Waals surface area contributed by atoms with E-state index in [1.807, 2.05) is 6.92 Å². The smallest absolute Gasteiger partial charge is 0.317 e. The molecule has 0 atom stereocenters. The van der Waals surface area contributed by atoms with Crippen molar-refractivity contribution in [2.75, 3.05) is 39.8 Å². The maximum Gasteiger partial charge on any atom is 0.317 e. The Kier molecular flexibility index (Phi) is 6.57. The van der Waals surface area contributed by atoms with Gasteiger partial charge in [-0.25, -0.2) is 4.79 Å². The first kappa shape index (κ1) is 18.7. The van der Waals surface area contributed by atoms with Gasteiger partial charge in [0.05, 0.1) is 22.7 Å². The Morgan fingerprint density at radius 3 is 2.33 bits per heavy atom. The molecule has 132 valence electrons. The maximum absolute atomic E-state index is 12.6. The van der Waals surface area contributed by atoms with E-state index in [1.54, 1.807) is 9.80 Å². The number of rotatable bonds is 4. The Morgan fingerprint density at radius 1 is 1.12 bits per heavy atom. The minimum atomic E-state index is -0.196. The normalized spacial score (nSPS) is 14.5. The number of urea groups is 1. The second-order valence-corrected chi connectivity index (χ2v) is 6.29. The third-order valence-corrected chi connectivity index (χ3v) is 4.46. The highest BCUT2D eigenvalue weighted by Crippen LogP contribution is 2.31. The summed E-state index contributed by atoms with van der Waals surface area (Å²) in [6, 6.07) is 2.96. The molecule has 0 radical (unpaired) electrons.